The van der Waals surface area contributed by atoms with Crippen LogP contribution in [0.15, 0.2) is 94.7 Å². The highest BCUT2D eigenvalue weighted by Crippen LogP contribution is 2.29. The topological polar surface area (TPSA) is 118 Å². The fourth-order valence-corrected chi connectivity index (χ4v) is 7.89. The first-order valence-corrected chi connectivity index (χ1v) is 15.0. The molecule has 0 radical (unpaired) electrons. The van der Waals surface area contributed by atoms with Crippen LogP contribution in [-0.2, 0) is 24.8 Å². The van der Waals surface area contributed by atoms with Gasteiger partial charge in [0, 0.05) is 6.61 Å². The van der Waals surface area contributed by atoms with Gasteiger partial charge in [0.05, 0.1) is 40.1 Å². The summed E-state index contributed by atoms with van der Waals surface area (Å²) >= 11 is 0. The van der Waals surface area contributed by atoms with Gasteiger partial charge in [-0.15, -0.1) is 0 Å². The first-order chi connectivity index (χ1) is 18.2. The highest BCUT2D eigenvalue weighted by atomic mass is 32.3. The lowest BCUT2D eigenvalue weighted by Gasteiger charge is -2.31. The monoisotopic (exact) mass is 556 g/mol. The average Bonchev–Trinajstić information content (AvgIpc) is 3.19. The summed E-state index contributed by atoms with van der Waals surface area (Å²) in [6.07, 6.45) is 1.53. The third-order valence-electron chi connectivity index (χ3n) is 6.12. The molecule has 200 valence electrons. The molecule has 3 aromatic carbocycles. The fraction of sp³-hybridized carbons (Fsp3) is 0.259. The van der Waals surface area contributed by atoms with E-state index in [0.717, 1.165) is 11.3 Å². The Morgan fingerprint density at radius 1 is 0.737 bits per heavy atom. The van der Waals surface area contributed by atoms with Gasteiger partial charge in [-0.3, -0.25) is 14.5 Å². The van der Waals surface area contributed by atoms with Crippen molar-refractivity contribution in [2.24, 2.45) is 0 Å². The smallest absolute Gasteiger partial charge is 0.261 e. The lowest BCUT2D eigenvalue weighted by molar-refractivity contribution is 0.0378. The van der Waals surface area contributed by atoms with E-state index in [9.17, 15) is 26.4 Å². The van der Waals surface area contributed by atoms with Crippen LogP contribution in [0.2, 0.25) is 0 Å². The van der Waals surface area contributed by atoms with Crippen LogP contribution in [0.3, 0.4) is 0 Å². The van der Waals surface area contributed by atoms with Gasteiger partial charge < -0.3 is 4.74 Å². The number of carbonyl (C=O) groups excluding carboxylic acids is 2. The van der Waals surface area contributed by atoms with Crippen LogP contribution in [0.5, 0.6) is 0 Å². The van der Waals surface area contributed by atoms with Crippen molar-refractivity contribution in [3.63, 3.8) is 0 Å². The molecule has 0 aromatic heterocycles. The standard InChI is InChI=1S/C27H28N2O7S2/c1-2-3-18-36-20-21(29-26(30)24-16-10-11-17-25(24)27(29)31)19-28(37(32,33)22-12-6-4-7-13-22)38(34,35)23-14-8-5-9-15-23/h4-17,21H,2-3,18-20H2,1H3. The van der Waals surface area contributed by atoms with Gasteiger partial charge in [0.2, 0.25) is 0 Å². The number of carbonyl (C=O) groups is 2. The van der Waals surface area contributed by atoms with Crippen molar-refractivity contribution < 1.29 is 31.2 Å². The molecule has 4 rings (SSSR count). The maximum absolute atomic E-state index is 13.8. The molecule has 2 amide bonds. The van der Waals surface area contributed by atoms with E-state index < -0.39 is 44.4 Å². The van der Waals surface area contributed by atoms with Crippen LogP contribution in [0.1, 0.15) is 40.5 Å². The molecule has 9 nitrogen and oxygen atoms in total. The second-order valence-electron chi connectivity index (χ2n) is 8.70. The number of rotatable bonds is 12. The molecule has 0 spiro atoms. The molecule has 38 heavy (non-hydrogen) atoms. The number of fused-ring (bicyclic) bond motifs is 1. The van der Waals surface area contributed by atoms with Crippen LogP contribution < -0.4 is 0 Å². The van der Waals surface area contributed by atoms with Crippen molar-refractivity contribution in [1.82, 2.24) is 8.61 Å². The molecule has 0 bridgehead atoms. The van der Waals surface area contributed by atoms with Crippen molar-refractivity contribution >= 4 is 31.9 Å². The Hall–Kier alpha value is -3.38. The third kappa shape index (κ3) is 5.41. The zero-order chi connectivity index (χ0) is 27.3. The van der Waals surface area contributed by atoms with Gasteiger partial charge in [0.25, 0.3) is 31.9 Å². The van der Waals surface area contributed by atoms with Gasteiger partial charge in [-0.1, -0.05) is 65.6 Å². The molecule has 0 aliphatic carbocycles. The fourth-order valence-electron chi connectivity index (χ4n) is 4.13. The van der Waals surface area contributed by atoms with Crippen LogP contribution in [0.25, 0.3) is 0 Å². The van der Waals surface area contributed by atoms with Crippen molar-refractivity contribution in [3.05, 3.63) is 96.1 Å². The number of amides is 2. The Morgan fingerprint density at radius 3 is 1.63 bits per heavy atom. The second kappa shape index (κ2) is 11.6. The maximum Gasteiger partial charge on any atom is 0.261 e. The van der Waals surface area contributed by atoms with E-state index in [0.29, 0.717) is 16.7 Å². The Morgan fingerprint density at radius 2 is 1.18 bits per heavy atom. The SMILES string of the molecule is CCCCOCC(CN(S(=O)(=O)c1ccccc1)S(=O)(=O)c1ccccc1)N1C(=O)c2ccccc2C1=O. The lowest BCUT2D eigenvalue weighted by Crippen LogP contribution is -2.52. The van der Waals surface area contributed by atoms with Gasteiger partial charge in [-0.2, -0.15) is 0 Å². The van der Waals surface area contributed by atoms with E-state index in [-0.39, 0.29) is 27.5 Å². The lowest BCUT2D eigenvalue weighted by atomic mass is 10.1. The van der Waals surface area contributed by atoms with Crippen molar-refractivity contribution in [3.8, 4) is 0 Å². The molecule has 1 atom stereocenters. The molecule has 1 aliphatic heterocycles. The van der Waals surface area contributed by atoms with Gasteiger partial charge >= 0.3 is 0 Å². The number of unbranched alkanes of at least 4 members (excludes halogenated alkanes) is 1. The number of nitrogens with zero attached hydrogens (tertiary/aromatic N) is 2. The molecule has 0 saturated heterocycles. The van der Waals surface area contributed by atoms with Crippen molar-refractivity contribution in [1.29, 1.82) is 0 Å². The highest BCUT2D eigenvalue weighted by molar-refractivity contribution is 8.04. The van der Waals surface area contributed by atoms with Gasteiger partial charge in [0.1, 0.15) is 0 Å². The zero-order valence-corrected chi connectivity index (χ0v) is 22.4. The minimum atomic E-state index is -4.63. The maximum atomic E-state index is 13.8. The summed E-state index contributed by atoms with van der Waals surface area (Å²) in [7, 11) is -9.26. The molecule has 0 fully saturated rings. The molecule has 1 heterocycles. The Kier molecular flexibility index (Phi) is 8.41. The highest BCUT2D eigenvalue weighted by Gasteiger charge is 2.45. The Labute approximate surface area is 222 Å². The molecule has 0 saturated carbocycles. The predicted octanol–water partition coefficient (Wildman–Crippen LogP) is 3.55. The summed E-state index contributed by atoms with van der Waals surface area (Å²) in [6.45, 7) is 1.31. The Bertz CT molecular complexity index is 1400. The van der Waals surface area contributed by atoms with Crippen LogP contribution in [0.4, 0.5) is 0 Å². The van der Waals surface area contributed by atoms with Gasteiger partial charge in [-0.05, 0) is 42.8 Å². The quantitative estimate of drug-likeness (QED) is 0.247. The summed E-state index contributed by atoms with van der Waals surface area (Å²) < 4.78 is 61.2. The zero-order valence-electron chi connectivity index (χ0n) is 20.8. The molecule has 1 unspecified atom stereocenters. The number of imide groups is 1. The molecule has 0 N–H and O–H groups in total. The minimum Gasteiger partial charge on any atom is -0.379 e. The van der Waals surface area contributed by atoms with Crippen LogP contribution >= 0.6 is 0 Å². The van der Waals surface area contributed by atoms with Crippen molar-refractivity contribution in [2.45, 2.75) is 35.6 Å². The van der Waals surface area contributed by atoms with Crippen molar-refractivity contribution in [2.75, 3.05) is 19.8 Å². The average molecular weight is 557 g/mol. The van der Waals surface area contributed by atoms with E-state index in [2.05, 4.69) is 0 Å². The predicted molar refractivity (Wildman–Crippen MR) is 140 cm³/mol. The van der Waals surface area contributed by atoms with E-state index >= 15 is 0 Å². The van der Waals surface area contributed by atoms with Gasteiger partial charge in [-0.25, -0.2) is 16.8 Å². The Balaban J connectivity index is 1.80. The number of hydrogen-bond donors (Lipinski definition) is 0. The first-order valence-electron chi connectivity index (χ1n) is 12.1. The molecule has 11 heteroatoms. The summed E-state index contributed by atoms with van der Waals surface area (Å²) in [5.74, 6) is -1.27. The van der Waals surface area contributed by atoms with E-state index in [1.807, 2.05) is 6.92 Å². The van der Waals surface area contributed by atoms with E-state index in [1.165, 1.54) is 60.7 Å². The first kappa shape index (κ1) is 27.6. The largest absolute Gasteiger partial charge is 0.379 e. The van der Waals surface area contributed by atoms with Crippen LogP contribution in [0, 0.1) is 0 Å². The van der Waals surface area contributed by atoms with E-state index in [1.54, 1.807) is 24.3 Å². The summed E-state index contributed by atoms with van der Waals surface area (Å²) in [6, 6.07) is 19.3. The number of sulfonamides is 2. The number of benzene rings is 3. The molecular weight excluding hydrogens is 528 g/mol. The summed E-state index contributed by atoms with van der Waals surface area (Å²) in [5, 5.41) is 0. The molecule has 1 aliphatic rings. The molecule has 3 aromatic rings. The molecular formula is C27H28N2O7S2. The second-order valence-corrected chi connectivity index (χ2v) is 12.7. The normalized spacial score (nSPS) is 14.6. The summed E-state index contributed by atoms with van der Waals surface area (Å²) in [4.78, 5) is 27.0. The number of ether oxygens (including phenoxy) is 1. The van der Waals surface area contributed by atoms with Crippen LogP contribution in [-0.4, -0.2) is 63.1 Å². The number of hydrogen-bond acceptors (Lipinski definition) is 7. The minimum absolute atomic E-state index is 0.166. The third-order valence-corrected chi connectivity index (χ3v) is 10.4. The van der Waals surface area contributed by atoms with Gasteiger partial charge in [0.15, 0.2) is 0 Å². The van der Waals surface area contributed by atoms with E-state index in [4.69, 9.17) is 4.74 Å². The summed E-state index contributed by atoms with van der Waals surface area (Å²) in [5.41, 5.74) is 0.332.